The Bertz CT molecular complexity index is 412. The van der Waals surface area contributed by atoms with Crippen LogP contribution in [0.5, 0.6) is 0 Å². The fourth-order valence-electron chi connectivity index (χ4n) is 1.48. The van der Waals surface area contributed by atoms with Gasteiger partial charge in [0.1, 0.15) is 0 Å². The summed E-state index contributed by atoms with van der Waals surface area (Å²) in [4.78, 5) is 10.3. The molecule has 0 aliphatic carbocycles. The van der Waals surface area contributed by atoms with Gasteiger partial charge in [-0.3, -0.25) is 10.1 Å². The van der Waals surface area contributed by atoms with Gasteiger partial charge in [0.25, 0.3) is 5.69 Å². The summed E-state index contributed by atoms with van der Waals surface area (Å²) < 4.78 is 0. The monoisotopic (exact) mass is 270 g/mol. The van der Waals surface area contributed by atoms with Crippen molar-refractivity contribution in [2.45, 2.75) is 12.7 Å². The van der Waals surface area contributed by atoms with Gasteiger partial charge in [-0.1, -0.05) is 6.92 Å². The van der Waals surface area contributed by atoms with Crippen LogP contribution in [0.15, 0.2) is 18.2 Å². The maximum absolute atomic E-state index is 10.7. The number of nitrogens with zero attached hydrogens (tertiary/aromatic N) is 1. The van der Waals surface area contributed by atoms with Crippen molar-refractivity contribution in [3.8, 4) is 0 Å². The molecule has 1 rings (SSSR count). The van der Waals surface area contributed by atoms with Crippen LogP contribution in [0.2, 0.25) is 0 Å². The average molecular weight is 270 g/mol. The molecule has 2 N–H and O–H groups in total. The van der Waals surface area contributed by atoms with Gasteiger partial charge in [-0.25, -0.2) is 0 Å². The highest BCUT2D eigenvalue weighted by atomic mass is 32.2. The Morgan fingerprint density at radius 2 is 2.28 bits per heavy atom. The van der Waals surface area contributed by atoms with E-state index in [-0.39, 0.29) is 23.1 Å². The van der Waals surface area contributed by atoms with Crippen molar-refractivity contribution in [3.05, 3.63) is 33.9 Å². The third-order valence-electron chi connectivity index (χ3n) is 2.54. The van der Waals surface area contributed by atoms with Gasteiger partial charge in [0.2, 0.25) is 0 Å². The average Bonchev–Trinajstić information content (AvgIpc) is 2.38. The highest BCUT2D eigenvalue weighted by Crippen LogP contribution is 2.26. The summed E-state index contributed by atoms with van der Waals surface area (Å²) in [5.41, 5.74) is 1.94. The Hall–Kier alpha value is -1.27. The maximum atomic E-state index is 10.7. The number of non-ortho nitro benzene ring substituents is 1. The van der Waals surface area contributed by atoms with E-state index in [9.17, 15) is 10.1 Å². The fourth-order valence-corrected chi connectivity index (χ4v) is 2.56. The molecule has 1 aromatic rings. The van der Waals surface area contributed by atoms with E-state index in [1.54, 1.807) is 30.9 Å². The highest BCUT2D eigenvalue weighted by molar-refractivity contribution is 7.98. The summed E-state index contributed by atoms with van der Waals surface area (Å²) in [6, 6.07) is 4.82. The van der Waals surface area contributed by atoms with Gasteiger partial charge >= 0.3 is 0 Å². The first kappa shape index (κ1) is 14.8. The first-order valence-corrected chi connectivity index (χ1v) is 6.87. The summed E-state index contributed by atoms with van der Waals surface area (Å²) in [5.74, 6) is 1.77. The summed E-state index contributed by atoms with van der Waals surface area (Å²) in [6.45, 7) is 2.14. The van der Waals surface area contributed by atoms with E-state index in [0.29, 0.717) is 5.75 Å². The molecular formula is C12H18N2O3S. The van der Waals surface area contributed by atoms with Crippen LogP contribution in [-0.4, -0.2) is 29.4 Å². The summed E-state index contributed by atoms with van der Waals surface area (Å²) in [6.07, 6.45) is 0. The van der Waals surface area contributed by atoms with Crippen LogP contribution in [0.4, 0.5) is 11.4 Å². The molecule has 0 saturated carbocycles. The van der Waals surface area contributed by atoms with Crippen LogP contribution in [0, 0.1) is 16.0 Å². The van der Waals surface area contributed by atoms with Crippen molar-refractivity contribution in [2.75, 3.05) is 24.7 Å². The van der Waals surface area contributed by atoms with E-state index in [4.69, 9.17) is 5.11 Å². The van der Waals surface area contributed by atoms with Crippen molar-refractivity contribution in [1.82, 2.24) is 0 Å². The van der Waals surface area contributed by atoms with Gasteiger partial charge in [0, 0.05) is 37.2 Å². The molecule has 1 aromatic carbocycles. The van der Waals surface area contributed by atoms with Gasteiger partial charge in [-0.15, -0.1) is 0 Å². The molecule has 0 aliphatic rings. The van der Waals surface area contributed by atoms with Crippen LogP contribution >= 0.6 is 11.8 Å². The molecule has 0 saturated heterocycles. The standard InChI is InChI=1S/C12H18N2O3S/c1-9(6-15)7-18-8-10-5-11(14(16)17)3-4-12(10)13-2/h3-5,9,13,15H,6-8H2,1-2H3. The van der Waals surface area contributed by atoms with Crippen LogP contribution < -0.4 is 5.32 Å². The third-order valence-corrected chi connectivity index (χ3v) is 3.86. The van der Waals surface area contributed by atoms with Gasteiger partial charge in [0.15, 0.2) is 0 Å². The zero-order valence-electron chi connectivity index (χ0n) is 10.5. The van der Waals surface area contributed by atoms with Crippen LogP contribution in [0.3, 0.4) is 0 Å². The molecule has 18 heavy (non-hydrogen) atoms. The number of nitrogens with one attached hydrogen (secondary N) is 1. The normalized spacial score (nSPS) is 12.2. The second kappa shape index (κ2) is 7.23. The molecule has 1 atom stereocenters. The lowest BCUT2D eigenvalue weighted by atomic mass is 10.2. The van der Waals surface area contributed by atoms with Crippen molar-refractivity contribution in [1.29, 1.82) is 0 Å². The van der Waals surface area contributed by atoms with Crippen LogP contribution in [0.1, 0.15) is 12.5 Å². The first-order chi connectivity index (χ1) is 8.58. The van der Waals surface area contributed by atoms with E-state index in [0.717, 1.165) is 17.0 Å². The van der Waals surface area contributed by atoms with E-state index < -0.39 is 0 Å². The minimum atomic E-state index is -0.385. The number of rotatable bonds is 7. The lowest BCUT2D eigenvalue weighted by Crippen LogP contribution is -2.04. The zero-order valence-corrected chi connectivity index (χ0v) is 11.4. The Morgan fingerprint density at radius 3 is 2.83 bits per heavy atom. The highest BCUT2D eigenvalue weighted by Gasteiger charge is 2.10. The maximum Gasteiger partial charge on any atom is 0.269 e. The van der Waals surface area contributed by atoms with Crippen LogP contribution in [0.25, 0.3) is 0 Å². The number of aliphatic hydroxyl groups is 1. The zero-order chi connectivity index (χ0) is 13.5. The molecule has 1 unspecified atom stereocenters. The molecule has 0 heterocycles. The SMILES string of the molecule is CNc1ccc([N+](=O)[O-])cc1CSCC(C)CO. The van der Waals surface area contributed by atoms with Crippen molar-refractivity contribution in [3.63, 3.8) is 0 Å². The summed E-state index contributed by atoms with van der Waals surface area (Å²) >= 11 is 1.67. The molecule has 0 radical (unpaired) electrons. The molecule has 100 valence electrons. The predicted molar refractivity (Wildman–Crippen MR) is 75.1 cm³/mol. The van der Waals surface area contributed by atoms with E-state index >= 15 is 0 Å². The summed E-state index contributed by atoms with van der Waals surface area (Å²) in [7, 11) is 1.80. The number of aliphatic hydroxyl groups excluding tert-OH is 1. The minimum absolute atomic E-state index is 0.111. The number of hydrogen-bond acceptors (Lipinski definition) is 5. The lowest BCUT2D eigenvalue weighted by Gasteiger charge is -2.10. The van der Waals surface area contributed by atoms with E-state index in [1.807, 2.05) is 6.92 Å². The molecule has 0 spiro atoms. The topological polar surface area (TPSA) is 75.4 Å². The van der Waals surface area contributed by atoms with Gasteiger partial charge < -0.3 is 10.4 Å². The molecule has 0 fully saturated rings. The molecule has 6 heteroatoms. The molecule has 0 aromatic heterocycles. The Kier molecular flexibility index (Phi) is 5.94. The van der Waals surface area contributed by atoms with Gasteiger partial charge in [-0.2, -0.15) is 11.8 Å². The number of thioether (sulfide) groups is 1. The quantitative estimate of drug-likeness (QED) is 0.588. The number of benzene rings is 1. The first-order valence-electron chi connectivity index (χ1n) is 5.72. The van der Waals surface area contributed by atoms with Crippen molar-refractivity contribution >= 4 is 23.1 Å². The molecule has 0 amide bonds. The number of nitro benzene ring substituents is 1. The second-order valence-corrected chi connectivity index (χ2v) is 5.18. The Balaban J connectivity index is 2.72. The summed E-state index contributed by atoms with van der Waals surface area (Å²) in [5, 5.41) is 22.7. The minimum Gasteiger partial charge on any atom is -0.396 e. The smallest absolute Gasteiger partial charge is 0.269 e. The van der Waals surface area contributed by atoms with Crippen molar-refractivity contribution < 1.29 is 10.0 Å². The predicted octanol–water partition coefficient (Wildman–Crippen LogP) is 2.50. The number of hydrogen-bond donors (Lipinski definition) is 2. The van der Waals surface area contributed by atoms with E-state index in [1.165, 1.54) is 6.07 Å². The van der Waals surface area contributed by atoms with Gasteiger partial charge in [-0.05, 0) is 23.3 Å². The Labute approximate surface area is 111 Å². The largest absolute Gasteiger partial charge is 0.396 e. The lowest BCUT2D eigenvalue weighted by molar-refractivity contribution is -0.384. The Morgan fingerprint density at radius 1 is 1.56 bits per heavy atom. The van der Waals surface area contributed by atoms with Gasteiger partial charge in [0.05, 0.1) is 4.92 Å². The van der Waals surface area contributed by atoms with Crippen molar-refractivity contribution in [2.24, 2.45) is 5.92 Å². The molecule has 0 aliphatic heterocycles. The third kappa shape index (κ3) is 4.19. The molecule has 5 nitrogen and oxygen atoms in total. The molecular weight excluding hydrogens is 252 g/mol. The number of nitro groups is 1. The molecule has 0 bridgehead atoms. The van der Waals surface area contributed by atoms with Crippen LogP contribution in [-0.2, 0) is 5.75 Å². The number of anilines is 1. The second-order valence-electron chi connectivity index (χ2n) is 4.15. The van der Waals surface area contributed by atoms with E-state index in [2.05, 4.69) is 5.32 Å². The fraction of sp³-hybridized carbons (Fsp3) is 0.500.